The molecule has 0 amide bonds. The zero-order valence-electron chi connectivity index (χ0n) is 12.0. The van der Waals surface area contributed by atoms with Crippen molar-refractivity contribution in [2.75, 3.05) is 11.9 Å². The van der Waals surface area contributed by atoms with E-state index in [-0.39, 0.29) is 0 Å². The molecular formula is C17H17N3O2. The summed E-state index contributed by atoms with van der Waals surface area (Å²) in [5.74, 6) is 1.96. The fourth-order valence-electron chi connectivity index (χ4n) is 2.14. The summed E-state index contributed by atoms with van der Waals surface area (Å²) >= 11 is 0. The van der Waals surface area contributed by atoms with E-state index in [0.29, 0.717) is 24.5 Å². The molecule has 0 aliphatic heterocycles. The highest BCUT2D eigenvalue weighted by Crippen LogP contribution is 2.14. The van der Waals surface area contributed by atoms with E-state index in [0.717, 1.165) is 11.4 Å². The van der Waals surface area contributed by atoms with E-state index in [1.165, 1.54) is 0 Å². The monoisotopic (exact) mass is 295 g/mol. The highest BCUT2D eigenvalue weighted by atomic mass is 16.4. The normalized spacial score (nSPS) is 12.0. The van der Waals surface area contributed by atoms with Crippen molar-refractivity contribution in [3.8, 4) is 0 Å². The maximum absolute atomic E-state index is 9.98. The number of rotatable bonds is 6. The van der Waals surface area contributed by atoms with Crippen molar-refractivity contribution in [3.05, 3.63) is 78.1 Å². The molecule has 0 aliphatic carbocycles. The van der Waals surface area contributed by atoms with Crippen molar-refractivity contribution in [1.29, 1.82) is 0 Å². The number of hydrogen-bond acceptors (Lipinski definition) is 5. The SMILES string of the molecule is OC(CNc1ccnc(Cc2ccccc2)n1)c1ccco1. The summed E-state index contributed by atoms with van der Waals surface area (Å²) in [6.07, 6.45) is 3.23. The number of aliphatic hydroxyl groups is 1. The topological polar surface area (TPSA) is 71.2 Å². The van der Waals surface area contributed by atoms with Gasteiger partial charge in [-0.3, -0.25) is 0 Å². The van der Waals surface area contributed by atoms with Gasteiger partial charge in [0.2, 0.25) is 0 Å². The number of furan rings is 1. The van der Waals surface area contributed by atoms with Gasteiger partial charge < -0.3 is 14.8 Å². The van der Waals surface area contributed by atoms with Crippen LogP contribution in [0.4, 0.5) is 5.82 Å². The van der Waals surface area contributed by atoms with Gasteiger partial charge in [-0.15, -0.1) is 0 Å². The lowest BCUT2D eigenvalue weighted by molar-refractivity contribution is 0.162. The quantitative estimate of drug-likeness (QED) is 0.731. The fraction of sp³-hybridized carbons (Fsp3) is 0.176. The van der Waals surface area contributed by atoms with Crippen LogP contribution >= 0.6 is 0 Å². The number of anilines is 1. The molecule has 2 N–H and O–H groups in total. The average molecular weight is 295 g/mol. The second kappa shape index (κ2) is 6.87. The molecule has 1 atom stereocenters. The predicted molar refractivity (Wildman–Crippen MR) is 83.4 cm³/mol. The Hall–Kier alpha value is -2.66. The smallest absolute Gasteiger partial charge is 0.135 e. The van der Waals surface area contributed by atoms with Crippen LogP contribution < -0.4 is 5.32 Å². The van der Waals surface area contributed by atoms with Crippen LogP contribution in [0.3, 0.4) is 0 Å². The van der Waals surface area contributed by atoms with Crippen LogP contribution in [0.1, 0.15) is 23.3 Å². The number of nitrogens with zero attached hydrogens (tertiary/aromatic N) is 2. The Labute approximate surface area is 128 Å². The largest absolute Gasteiger partial charge is 0.467 e. The first-order chi connectivity index (χ1) is 10.8. The van der Waals surface area contributed by atoms with Gasteiger partial charge in [-0.2, -0.15) is 0 Å². The van der Waals surface area contributed by atoms with E-state index in [9.17, 15) is 5.11 Å². The maximum Gasteiger partial charge on any atom is 0.135 e. The van der Waals surface area contributed by atoms with E-state index in [1.54, 1.807) is 30.7 Å². The third kappa shape index (κ3) is 3.71. The predicted octanol–water partition coefficient (Wildman–Crippen LogP) is 2.81. The van der Waals surface area contributed by atoms with Gasteiger partial charge in [0.15, 0.2) is 0 Å². The molecule has 22 heavy (non-hydrogen) atoms. The summed E-state index contributed by atoms with van der Waals surface area (Å²) in [7, 11) is 0. The Morgan fingerprint density at radius 2 is 1.95 bits per heavy atom. The minimum atomic E-state index is -0.706. The van der Waals surface area contributed by atoms with E-state index in [2.05, 4.69) is 15.3 Å². The molecule has 1 aromatic carbocycles. The fourth-order valence-corrected chi connectivity index (χ4v) is 2.14. The Morgan fingerprint density at radius 3 is 2.73 bits per heavy atom. The van der Waals surface area contributed by atoms with Crippen molar-refractivity contribution >= 4 is 5.82 Å². The van der Waals surface area contributed by atoms with Gasteiger partial charge in [0.1, 0.15) is 23.5 Å². The zero-order valence-corrected chi connectivity index (χ0v) is 12.0. The van der Waals surface area contributed by atoms with E-state index in [1.807, 2.05) is 30.3 Å². The standard InChI is InChI=1S/C17H17N3O2/c21-14(15-7-4-10-22-15)12-19-16-8-9-18-17(20-16)11-13-5-2-1-3-6-13/h1-10,14,21H,11-12H2,(H,18,19,20). The van der Waals surface area contributed by atoms with Crippen molar-refractivity contribution in [2.45, 2.75) is 12.5 Å². The van der Waals surface area contributed by atoms with Crippen molar-refractivity contribution in [1.82, 2.24) is 9.97 Å². The lowest BCUT2D eigenvalue weighted by Crippen LogP contribution is -2.13. The minimum Gasteiger partial charge on any atom is -0.467 e. The lowest BCUT2D eigenvalue weighted by Gasteiger charge is -2.10. The van der Waals surface area contributed by atoms with E-state index >= 15 is 0 Å². The molecule has 112 valence electrons. The summed E-state index contributed by atoms with van der Waals surface area (Å²) in [6.45, 7) is 0.329. The molecule has 0 spiro atoms. The summed E-state index contributed by atoms with van der Waals surface area (Å²) < 4.78 is 5.16. The number of hydrogen-bond donors (Lipinski definition) is 2. The molecule has 0 bridgehead atoms. The Morgan fingerprint density at radius 1 is 1.09 bits per heavy atom. The van der Waals surface area contributed by atoms with Crippen LogP contribution in [-0.2, 0) is 6.42 Å². The average Bonchev–Trinajstić information content (AvgIpc) is 3.08. The number of aromatic nitrogens is 2. The number of nitrogens with one attached hydrogen (secondary N) is 1. The van der Waals surface area contributed by atoms with E-state index < -0.39 is 6.10 Å². The van der Waals surface area contributed by atoms with Gasteiger partial charge in [-0.1, -0.05) is 30.3 Å². The molecule has 5 heteroatoms. The molecule has 0 fully saturated rings. The molecule has 2 aromatic heterocycles. The molecule has 3 aromatic rings. The molecule has 0 saturated heterocycles. The molecule has 1 unspecified atom stereocenters. The van der Waals surface area contributed by atoms with E-state index in [4.69, 9.17) is 4.42 Å². The number of benzene rings is 1. The van der Waals surface area contributed by atoms with Crippen molar-refractivity contribution in [3.63, 3.8) is 0 Å². The first-order valence-corrected chi connectivity index (χ1v) is 7.12. The zero-order chi connectivity index (χ0) is 15.2. The van der Waals surface area contributed by atoms with Crippen LogP contribution in [0.5, 0.6) is 0 Å². The third-order valence-corrected chi connectivity index (χ3v) is 3.26. The number of aliphatic hydroxyl groups excluding tert-OH is 1. The molecule has 2 heterocycles. The van der Waals surface area contributed by atoms with Crippen molar-refractivity contribution < 1.29 is 9.52 Å². The molecule has 0 saturated carbocycles. The van der Waals surface area contributed by atoms with Crippen LogP contribution in [0.15, 0.2) is 65.4 Å². The Balaban J connectivity index is 1.61. The van der Waals surface area contributed by atoms with Crippen molar-refractivity contribution in [2.24, 2.45) is 0 Å². The Bertz CT molecular complexity index is 699. The summed E-state index contributed by atoms with van der Waals surface area (Å²) in [4.78, 5) is 8.74. The molecular weight excluding hydrogens is 278 g/mol. The minimum absolute atomic E-state index is 0.329. The highest BCUT2D eigenvalue weighted by Gasteiger charge is 2.10. The van der Waals surface area contributed by atoms with Crippen LogP contribution in [-0.4, -0.2) is 21.6 Å². The van der Waals surface area contributed by atoms with Crippen LogP contribution in [0.2, 0.25) is 0 Å². The third-order valence-electron chi connectivity index (χ3n) is 3.26. The summed E-state index contributed by atoms with van der Waals surface area (Å²) in [5.41, 5.74) is 1.16. The van der Waals surface area contributed by atoms with Crippen LogP contribution in [0.25, 0.3) is 0 Å². The first kappa shape index (κ1) is 14.3. The summed E-state index contributed by atoms with van der Waals surface area (Å²) in [5, 5.41) is 13.1. The molecule has 0 aliphatic rings. The lowest BCUT2D eigenvalue weighted by atomic mass is 10.1. The highest BCUT2D eigenvalue weighted by molar-refractivity contribution is 5.34. The van der Waals surface area contributed by atoms with Gasteiger partial charge in [0.05, 0.1) is 6.26 Å². The van der Waals surface area contributed by atoms with Gasteiger partial charge in [-0.05, 0) is 23.8 Å². The van der Waals surface area contributed by atoms with Gasteiger partial charge in [0.25, 0.3) is 0 Å². The molecule has 3 rings (SSSR count). The summed E-state index contributed by atoms with van der Waals surface area (Å²) in [6, 6.07) is 15.3. The van der Waals surface area contributed by atoms with Crippen LogP contribution in [0, 0.1) is 0 Å². The molecule has 5 nitrogen and oxygen atoms in total. The van der Waals surface area contributed by atoms with Gasteiger partial charge in [-0.25, -0.2) is 9.97 Å². The maximum atomic E-state index is 9.98. The first-order valence-electron chi connectivity index (χ1n) is 7.12. The second-order valence-electron chi connectivity index (χ2n) is 4.93. The molecule has 0 radical (unpaired) electrons. The van der Waals surface area contributed by atoms with Gasteiger partial charge in [0, 0.05) is 19.2 Å². The van der Waals surface area contributed by atoms with Gasteiger partial charge >= 0.3 is 0 Å². The Kier molecular flexibility index (Phi) is 4.46. The second-order valence-corrected chi connectivity index (χ2v) is 4.93.